The van der Waals surface area contributed by atoms with Gasteiger partial charge in [0.1, 0.15) is 5.82 Å². The van der Waals surface area contributed by atoms with Gasteiger partial charge in [-0.2, -0.15) is 4.31 Å². The van der Waals surface area contributed by atoms with Crippen LogP contribution in [-0.2, 0) is 14.8 Å². The Morgan fingerprint density at radius 1 is 1.00 bits per heavy atom. The first kappa shape index (κ1) is 21.2. The minimum atomic E-state index is -3.48. The first-order valence-corrected chi connectivity index (χ1v) is 11.8. The van der Waals surface area contributed by atoms with Gasteiger partial charge in [0.15, 0.2) is 0 Å². The molecule has 0 N–H and O–H groups in total. The van der Waals surface area contributed by atoms with Crippen LogP contribution in [-0.4, -0.2) is 70.5 Å². The van der Waals surface area contributed by atoms with E-state index in [0.29, 0.717) is 18.0 Å². The zero-order chi connectivity index (χ0) is 21.1. The van der Waals surface area contributed by atoms with Crippen LogP contribution in [0.15, 0.2) is 53.4 Å². The van der Waals surface area contributed by atoms with Gasteiger partial charge >= 0.3 is 0 Å². The smallest absolute Gasteiger partial charge is 0.243 e. The number of ether oxygens (including phenoxy) is 1. The number of fused-ring (bicyclic) bond motifs is 1. The van der Waals surface area contributed by atoms with Gasteiger partial charge in [0, 0.05) is 57.6 Å². The summed E-state index contributed by atoms with van der Waals surface area (Å²) in [6.45, 7) is 5.27. The normalized spacial score (nSPS) is 22.1. The van der Waals surface area contributed by atoms with Crippen LogP contribution in [0.3, 0.4) is 0 Å². The number of piperazine rings is 1. The molecular formula is C22H28FN3O3S. The molecule has 0 aromatic heterocycles. The SMILES string of the molecule is COC1CN(CCCN2CCN(c3ccc(F)cc3)CC2)S(=O)(=O)c2ccccc21. The van der Waals surface area contributed by atoms with E-state index in [1.807, 2.05) is 24.3 Å². The van der Waals surface area contributed by atoms with Gasteiger partial charge in [-0.1, -0.05) is 18.2 Å². The second kappa shape index (κ2) is 9.01. The summed E-state index contributed by atoms with van der Waals surface area (Å²) in [5, 5.41) is 0. The van der Waals surface area contributed by atoms with Crippen molar-refractivity contribution in [1.29, 1.82) is 0 Å². The van der Waals surface area contributed by atoms with Gasteiger partial charge in [-0.15, -0.1) is 0 Å². The van der Waals surface area contributed by atoms with Gasteiger partial charge < -0.3 is 9.64 Å². The summed E-state index contributed by atoms with van der Waals surface area (Å²) >= 11 is 0. The number of rotatable bonds is 6. The highest BCUT2D eigenvalue weighted by Crippen LogP contribution is 2.33. The van der Waals surface area contributed by atoms with E-state index in [0.717, 1.165) is 50.4 Å². The molecule has 1 atom stereocenters. The molecule has 6 nitrogen and oxygen atoms in total. The highest BCUT2D eigenvalue weighted by atomic mass is 32.2. The summed E-state index contributed by atoms with van der Waals surface area (Å²) in [6, 6.07) is 13.7. The molecule has 8 heteroatoms. The van der Waals surface area contributed by atoms with Crippen molar-refractivity contribution < 1.29 is 17.5 Å². The summed E-state index contributed by atoms with van der Waals surface area (Å²) in [5.41, 5.74) is 1.79. The lowest BCUT2D eigenvalue weighted by atomic mass is 10.1. The monoisotopic (exact) mass is 433 g/mol. The Bertz CT molecular complexity index is 960. The van der Waals surface area contributed by atoms with Gasteiger partial charge in [0.2, 0.25) is 10.0 Å². The molecule has 0 spiro atoms. The number of sulfonamides is 1. The molecule has 2 heterocycles. The largest absolute Gasteiger partial charge is 0.375 e. The highest BCUT2D eigenvalue weighted by molar-refractivity contribution is 7.89. The Morgan fingerprint density at radius 2 is 1.70 bits per heavy atom. The van der Waals surface area contributed by atoms with E-state index in [2.05, 4.69) is 9.80 Å². The Morgan fingerprint density at radius 3 is 2.40 bits per heavy atom. The molecule has 162 valence electrons. The van der Waals surface area contributed by atoms with Crippen molar-refractivity contribution in [2.45, 2.75) is 17.4 Å². The van der Waals surface area contributed by atoms with Crippen LogP contribution in [0, 0.1) is 5.82 Å². The van der Waals surface area contributed by atoms with E-state index in [1.54, 1.807) is 23.5 Å². The predicted molar refractivity (Wildman–Crippen MR) is 115 cm³/mol. The lowest BCUT2D eigenvalue weighted by molar-refractivity contribution is 0.0769. The number of halogens is 1. The first-order chi connectivity index (χ1) is 14.5. The minimum absolute atomic E-state index is 0.219. The molecule has 0 saturated carbocycles. The van der Waals surface area contributed by atoms with Crippen LogP contribution >= 0.6 is 0 Å². The molecule has 0 bridgehead atoms. The second-order valence-electron chi connectivity index (χ2n) is 7.78. The number of hydrogen-bond acceptors (Lipinski definition) is 5. The van der Waals surface area contributed by atoms with E-state index >= 15 is 0 Å². The average molecular weight is 434 g/mol. The van der Waals surface area contributed by atoms with Crippen LogP contribution in [0.2, 0.25) is 0 Å². The van der Waals surface area contributed by atoms with Crippen molar-refractivity contribution in [1.82, 2.24) is 9.21 Å². The Balaban J connectivity index is 1.30. The molecule has 0 radical (unpaired) electrons. The van der Waals surface area contributed by atoms with Crippen molar-refractivity contribution >= 4 is 15.7 Å². The van der Waals surface area contributed by atoms with E-state index in [-0.39, 0.29) is 11.9 Å². The fourth-order valence-corrected chi connectivity index (χ4v) is 5.99. The molecule has 2 aromatic carbocycles. The van der Waals surface area contributed by atoms with Gasteiger partial charge in [-0.25, -0.2) is 12.8 Å². The molecular weight excluding hydrogens is 405 g/mol. The van der Waals surface area contributed by atoms with Gasteiger partial charge in [-0.3, -0.25) is 4.90 Å². The summed E-state index contributed by atoms with van der Waals surface area (Å²) < 4.78 is 46.2. The third-order valence-electron chi connectivity index (χ3n) is 5.98. The van der Waals surface area contributed by atoms with Crippen molar-refractivity contribution in [2.24, 2.45) is 0 Å². The molecule has 2 aliphatic heterocycles. The standard InChI is InChI=1S/C22H28FN3O3S/c1-29-21-17-26(30(27,28)22-6-3-2-5-20(21)22)12-4-11-24-13-15-25(16-14-24)19-9-7-18(23)8-10-19/h2-3,5-10,21H,4,11-17H2,1H3. The van der Waals surface area contributed by atoms with Crippen molar-refractivity contribution in [3.05, 3.63) is 59.9 Å². The minimum Gasteiger partial charge on any atom is -0.375 e. The van der Waals surface area contributed by atoms with E-state index in [1.165, 1.54) is 12.1 Å². The molecule has 30 heavy (non-hydrogen) atoms. The molecule has 1 saturated heterocycles. The molecule has 0 aliphatic carbocycles. The maximum absolute atomic E-state index is 13.1. The number of methoxy groups -OCH3 is 1. The Kier molecular flexibility index (Phi) is 6.38. The molecule has 1 unspecified atom stereocenters. The van der Waals surface area contributed by atoms with Crippen LogP contribution in [0.5, 0.6) is 0 Å². The highest BCUT2D eigenvalue weighted by Gasteiger charge is 2.36. The van der Waals surface area contributed by atoms with Crippen molar-refractivity contribution in [3.63, 3.8) is 0 Å². The molecule has 0 amide bonds. The van der Waals surface area contributed by atoms with E-state index in [9.17, 15) is 12.8 Å². The van der Waals surface area contributed by atoms with Crippen molar-refractivity contribution in [3.8, 4) is 0 Å². The van der Waals surface area contributed by atoms with Crippen LogP contribution in [0.4, 0.5) is 10.1 Å². The lowest BCUT2D eigenvalue weighted by Gasteiger charge is -2.37. The average Bonchev–Trinajstić information content (AvgIpc) is 2.76. The van der Waals surface area contributed by atoms with Gasteiger partial charge in [0.25, 0.3) is 0 Å². The van der Waals surface area contributed by atoms with E-state index in [4.69, 9.17) is 4.74 Å². The zero-order valence-corrected chi connectivity index (χ0v) is 18.0. The lowest BCUT2D eigenvalue weighted by Crippen LogP contribution is -2.47. The molecule has 4 rings (SSSR count). The molecule has 1 fully saturated rings. The fraction of sp³-hybridized carbons (Fsp3) is 0.455. The molecule has 2 aliphatic rings. The third-order valence-corrected chi connectivity index (χ3v) is 7.92. The maximum Gasteiger partial charge on any atom is 0.243 e. The number of anilines is 1. The Hall–Kier alpha value is -2.00. The van der Waals surface area contributed by atoms with Crippen LogP contribution in [0.1, 0.15) is 18.1 Å². The number of nitrogens with zero attached hydrogens (tertiary/aromatic N) is 3. The summed E-state index contributed by atoms with van der Waals surface area (Å²) in [6.07, 6.45) is 0.540. The molecule has 2 aromatic rings. The topological polar surface area (TPSA) is 53.1 Å². The van der Waals surface area contributed by atoms with Gasteiger partial charge in [0.05, 0.1) is 11.0 Å². The predicted octanol–water partition coefficient (Wildman–Crippen LogP) is 2.73. The second-order valence-corrected chi connectivity index (χ2v) is 9.69. The van der Waals surface area contributed by atoms with Crippen molar-refractivity contribution in [2.75, 3.05) is 57.8 Å². The number of hydrogen-bond donors (Lipinski definition) is 0. The van der Waals surface area contributed by atoms with Crippen LogP contribution < -0.4 is 4.90 Å². The van der Waals surface area contributed by atoms with E-state index < -0.39 is 10.0 Å². The fourth-order valence-electron chi connectivity index (χ4n) is 4.27. The van der Waals surface area contributed by atoms with Gasteiger partial charge in [-0.05, 0) is 43.3 Å². The van der Waals surface area contributed by atoms with Crippen LogP contribution in [0.25, 0.3) is 0 Å². The summed E-state index contributed by atoms with van der Waals surface area (Å²) in [5.74, 6) is -0.219. The summed E-state index contributed by atoms with van der Waals surface area (Å²) in [7, 11) is -1.86. The first-order valence-electron chi connectivity index (χ1n) is 10.3. The zero-order valence-electron chi connectivity index (χ0n) is 17.2. The summed E-state index contributed by atoms with van der Waals surface area (Å²) in [4.78, 5) is 4.97. The Labute approximate surface area is 177 Å². The third kappa shape index (κ3) is 4.37. The maximum atomic E-state index is 13.1. The quantitative estimate of drug-likeness (QED) is 0.701. The number of benzene rings is 2.